The van der Waals surface area contributed by atoms with E-state index in [4.69, 9.17) is 28.9 Å². The molecule has 4 nitrogen and oxygen atoms in total. The van der Waals surface area contributed by atoms with Crippen LogP contribution >= 0.6 is 47.4 Å². The predicted molar refractivity (Wildman–Crippen MR) is 93.2 cm³/mol. The molecule has 1 amide bonds. The molecule has 0 aliphatic carbocycles. The summed E-state index contributed by atoms with van der Waals surface area (Å²) in [4.78, 5) is 11.8. The summed E-state index contributed by atoms with van der Waals surface area (Å²) >= 11 is 13.3. The maximum absolute atomic E-state index is 12.4. The average molecular weight is 410 g/mol. The summed E-state index contributed by atoms with van der Waals surface area (Å²) in [7, 11) is 0. The Bertz CT molecular complexity index is 524. The molecule has 0 spiro atoms. The average Bonchev–Trinajstić information content (AvgIpc) is 2.44. The molecule has 1 aromatic rings. The first-order valence-corrected chi connectivity index (χ1v) is 8.45. The molecule has 23 heavy (non-hydrogen) atoms. The Morgan fingerprint density at radius 1 is 1.43 bits per heavy atom. The third-order valence-corrected chi connectivity index (χ3v) is 3.86. The van der Waals surface area contributed by atoms with Crippen molar-refractivity contribution in [2.24, 2.45) is 5.73 Å². The third-order valence-electron chi connectivity index (χ3n) is 2.72. The first-order valence-electron chi connectivity index (χ1n) is 6.30. The second-order valence-corrected chi connectivity index (χ2v) is 6.19. The zero-order valence-corrected chi connectivity index (χ0v) is 15.3. The van der Waals surface area contributed by atoms with E-state index in [2.05, 4.69) is 10.1 Å². The van der Waals surface area contributed by atoms with Gasteiger partial charge in [-0.15, -0.1) is 12.4 Å². The van der Waals surface area contributed by atoms with Gasteiger partial charge in [0, 0.05) is 17.1 Å². The molecule has 0 aliphatic rings. The van der Waals surface area contributed by atoms with Crippen LogP contribution < -0.4 is 15.8 Å². The quantitative estimate of drug-likeness (QED) is 0.687. The maximum atomic E-state index is 12.4. The molecule has 132 valence electrons. The van der Waals surface area contributed by atoms with Gasteiger partial charge in [-0.05, 0) is 30.6 Å². The van der Waals surface area contributed by atoms with Gasteiger partial charge in [-0.1, -0.05) is 23.2 Å². The van der Waals surface area contributed by atoms with E-state index in [0.29, 0.717) is 6.42 Å². The van der Waals surface area contributed by atoms with Crippen molar-refractivity contribution < 1.29 is 18.3 Å². The summed E-state index contributed by atoms with van der Waals surface area (Å²) in [6.45, 7) is -3.09. The number of thioether (sulfide) groups is 1. The number of hydrogen-bond acceptors (Lipinski definition) is 4. The van der Waals surface area contributed by atoms with E-state index in [1.807, 2.05) is 6.26 Å². The molecule has 1 rings (SSSR count). The molecule has 0 unspecified atom stereocenters. The Morgan fingerprint density at radius 3 is 2.65 bits per heavy atom. The fraction of sp³-hybridized carbons (Fsp3) is 0.462. The second-order valence-electron chi connectivity index (χ2n) is 4.36. The molecular weight excluding hydrogens is 393 g/mol. The van der Waals surface area contributed by atoms with Gasteiger partial charge < -0.3 is 15.8 Å². The molecule has 0 fully saturated rings. The van der Waals surface area contributed by atoms with Crippen molar-refractivity contribution in [1.29, 1.82) is 0 Å². The molecule has 0 aromatic heterocycles. The molecule has 3 N–H and O–H groups in total. The highest BCUT2D eigenvalue weighted by Crippen LogP contribution is 2.33. The number of rotatable bonds is 8. The van der Waals surface area contributed by atoms with Crippen LogP contribution in [0.3, 0.4) is 0 Å². The number of halogens is 5. The van der Waals surface area contributed by atoms with Crippen LogP contribution in [0.15, 0.2) is 12.1 Å². The van der Waals surface area contributed by atoms with Crippen molar-refractivity contribution >= 4 is 53.3 Å². The molecule has 0 saturated carbocycles. The number of alkyl halides is 2. The minimum absolute atomic E-state index is 0. The van der Waals surface area contributed by atoms with Crippen molar-refractivity contribution in [1.82, 2.24) is 5.32 Å². The van der Waals surface area contributed by atoms with Gasteiger partial charge >= 0.3 is 6.61 Å². The van der Waals surface area contributed by atoms with Gasteiger partial charge in [0.15, 0.2) is 0 Å². The Morgan fingerprint density at radius 2 is 2.09 bits per heavy atom. The minimum atomic E-state index is -3.03. The molecule has 1 atom stereocenters. The summed E-state index contributed by atoms with van der Waals surface area (Å²) in [6, 6.07) is 2.02. The van der Waals surface area contributed by atoms with E-state index in [-0.39, 0.29) is 46.2 Å². The van der Waals surface area contributed by atoms with Crippen LogP contribution in [-0.2, 0) is 11.3 Å². The lowest BCUT2D eigenvalue weighted by Gasteiger charge is -2.15. The SMILES string of the molecule is CSCC[C@H](N)C(=O)NCc1cc(Cl)cc(Cl)c1OC(F)F.Cl. The van der Waals surface area contributed by atoms with Crippen LogP contribution in [0, 0.1) is 0 Å². The van der Waals surface area contributed by atoms with Crippen LogP contribution in [0.4, 0.5) is 8.78 Å². The lowest BCUT2D eigenvalue weighted by Crippen LogP contribution is -2.40. The summed E-state index contributed by atoms with van der Waals surface area (Å²) in [6.07, 6.45) is 2.43. The number of nitrogens with one attached hydrogen (secondary N) is 1. The van der Waals surface area contributed by atoms with Crippen molar-refractivity contribution in [3.63, 3.8) is 0 Å². The lowest BCUT2D eigenvalue weighted by atomic mass is 10.1. The van der Waals surface area contributed by atoms with Crippen molar-refractivity contribution in [2.75, 3.05) is 12.0 Å². The first kappa shape index (κ1) is 22.5. The van der Waals surface area contributed by atoms with Crippen molar-refractivity contribution in [3.05, 3.63) is 27.7 Å². The van der Waals surface area contributed by atoms with Gasteiger partial charge in [0.25, 0.3) is 0 Å². The van der Waals surface area contributed by atoms with Crippen molar-refractivity contribution in [2.45, 2.75) is 25.6 Å². The summed E-state index contributed by atoms with van der Waals surface area (Å²) < 4.78 is 29.2. The molecule has 1 aromatic carbocycles. The van der Waals surface area contributed by atoms with Crippen LogP contribution in [0.5, 0.6) is 5.75 Å². The van der Waals surface area contributed by atoms with Crippen LogP contribution in [0.2, 0.25) is 10.0 Å². The zero-order chi connectivity index (χ0) is 16.7. The zero-order valence-electron chi connectivity index (χ0n) is 12.2. The Kier molecular flexibility index (Phi) is 10.9. The summed E-state index contributed by atoms with van der Waals surface area (Å²) in [5.74, 6) is 0.157. The number of hydrogen-bond donors (Lipinski definition) is 2. The number of ether oxygens (including phenoxy) is 1. The summed E-state index contributed by atoms with van der Waals surface area (Å²) in [5, 5.41) is 2.76. The molecule has 0 aliphatic heterocycles. The molecule has 0 heterocycles. The lowest BCUT2D eigenvalue weighted by molar-refractivity contribution is -0.122. The largest absolute Gasteiger partial charge is 0.433 e. The van der Waals surface area contributed by atoms with E-state index in [9.17, 15) is 13.6 Å². The highest BCUT2D eigenvalue weighted by atomic mass is 35.5. The van der Waals surface area contributed by atoms with Gasteiger partial charge in [0.1, 0.15) is 5.75 Å². The van der Waals surface area contributed by atoms with Gasteiger partial charge in [0.05, 0.1) is 11.1 Å². The first-order chi connectivity index (χ1) is 10.3. The smallest absolute Gasteiger partial charge is 0.387 e. The number of carbonyl (C=O) groups is 1. The number of carbonyl (C=O) groups excluding carboxylic acids is 1. The van der Waals surface area contributed by atoms with E-state index in [0.717, 1.165) is 5.75 Å². The molecular formula is C13H17Cl3F2N2O2S. The number of amides is 1. The molecule has 10 heteroatoms. The van der Waals surface area contributed by atoms with E-state index < -0.39 is 12.7 Å². The van der Waals surface area contributed by atoms with Gasteiger partial charge in [0.2, 0.25) is 5.91 Å². The molecule has 0 bridgehead atoms. The van der Waals surface area contributed by atoms with Gasteiger partial charge in [-0.2, -0.15) is 20.5 Å². The fourth-order valence-corrected chi connectivity index (χ4v) is 2.73. The number of benzene rings is 1. The van der Waals surface area contributed by atoms with Gasteiger partial charge in [-0.25, -0.2) is 0 Å². The highest BCUT2D eigenvalue weighted by Gasteiger charge is 2.17. The molecule has 0 radical (unpaired) electrons. The Hall–Kier alpha value is -0.470. The van der Waals surface area contributed by atoms with Crippen LogP contribution in [0.1, 0.15) is 12.0 Å². The normalized spacial score (nSPS) is 11.8. The highest BCUT2D eigenvalue weighted by molar-refractivity contribution is 7.98. The van der Waals surface area contributed by atoms with E-state index in [1.54, 1.807) is 11.8 Å². The van der Waals surface area contributed by atoms with Crippen LogP contribution in [-0.4, -0.2) is 30.6 Å². The van der Waals surface area contributed by atoms with E-state index >= 15 is 0 Å². The molecule has 0 saturated heterocycles. The third kappa shape index (κ3) is 7.76. The van der Waals surface area contributed by atoms with E-state index in [1.165, 1.54) is 12.1 Å². The second kappa shape index (κ2) is 11.1. The monoisotopic (exact) mass is 408 g/mol. The maximum Gasteiger partial charge on any atom is 0.387 e. The van der Waals surface area contributed by atoms with Gasteiger partial charge in [-0.3, -0.25) is 4.79 Å². The number of nitrogens with two attached hydrogens (primary N) is 1. The van der Waals surface area contributed by atoms with Crippen LogP contribution in [0.25, 0.3) is 0 Å². The fourth-order valence-electron chi connectivity index (χ4n) is 1.66. The topological polar surface area (TPSA) is 64.4 Å². The Labute approximate surface area is 153 Å². The summed E-state index contributed by atoms with van der Waals surface area (Å²) in [5.41, 5.74) is 5.97. The minimum Gasteiger partial charge on any atom is -0.433 e. The Balaban J connectivity index is 0.00000484. The predicted octanol–water partition coefficient (Wildman–Crippen LogP) is 3.71. The standard InChI is InChI=1S/C13H16Cl2F2N2O2S.ClH/c1-22-3-2-10(18)12(20)19-6-7-4-8(14)5-9(15)11(7)21-13(16)17;/h4-5,10,13H,2-3,6,18H2,1H3,(H,19,20);1H/t10-;/m0./s1. The van der Waals surface area contributed by atoms with Crippen molar-refractivity contribution in [3.8, 4) is 5.75 Å².